The van der Waals surface area contributed by atoms with E-state index in [-0.39, 0.29) is 11.7 Å². The van der Waals surface area contributed by atoms with Gasteiger partial charge in [0.1, 0.15) is 10.7 Å². The van der Waals surface area contributed by atoms with Gasteiger partial charge in [0.2, 0.25) is 0 Å². The lowest BCUT2D eigenvalue weighted by Crippen LogP contribution is -2.33. The molecule has 1 saturated carbocycles. The predicted octanol–water partition coefficient (Wildman–Crippen LogP) is 0.591. The van der Waals surface area contributed by atoms with Crippen LogP contribution in [0.4, 0.5) is 10.9 Å². The van der Waals surface area contributed by atoms with E-state index in [4.69, 9.17) is 5.73 Å². The zero-order valence-electron chi connectivity index (χ0n) is 10.7. The lowest BCUT2D eigenvalue weighted by molar-refractivity contribution is 0.0954. The molecule has 0 aromatic carbocycles. The Morgan fingerprint density at radius 3 is 2.89 bits per heavy atom. The number of carbonyl (C=O) groups excluding carboxylic acids is 1. The third-order valence-corrected chi connectivity index (χ3v) is 4.08. The van der Waals surface area contributed by atoms with E-state index in [1.165, 1.54) is 24.2 Å². The summed E-state index contributed by atoms with van der Waals surface area (Å²) in [5.74, 6) is 0.146. The molecule has 1 aromatic rings. The summed E-state index contributed by atoms with van der Waals surface area (Å²) in [5, 5.41) is 6.41. The van der Waals surface area contributed by atoms with E-state index in [2.05, 4.69) is 27.6 Å². The average Bonchev–Trinajstić information content (AvgIpc) is 3.12. The van der Waals surface area contributed by atoms with Crippen molar-refractivity contribution in [1.29, 1.82) is 0 Å². The number of likely N-dealkylation sites (N-methyl/N-ethyl adjacent to an activating group) is 1. The molecule has 0 aliphatic heterocycles. The van der Waals surface area contributed by atoms with Crippen LogP contribution in [-0.4, -0.2) is 49.0 Å². The number of nitrogens with zero attached hydrogens (tertiary/aromatic N) is 2. The molecule has 6 nitrogen and oxygen atoms in total. The molecule has 1 aromatic heterocycles. The van der Waals surface area contributed by atoms with Gasteiger partial charge in [-0.3, -0.25) is 4.79 Å². The number of hydrogen-bond acceptors (Lipinski definition) is 6. The number of nitrogens with two attached hydrogens (primary N) is 1. The van der Waals surface area contributed by atoms with Crippen LogP contribution in [-0.2, 0) is 0 Å². The fourth-order valence-corrected chi connectivity index (χ4v) is 2.48. The van der Waals surface area contributed by atoms with Gasteiger partial charge >= 0.3 is 0 Å². The van der Waals surface area contributed by atoms with E-state index in [1.54, 1.807) is 7.05 Å². The van der Waals surface area contributed by atoms with Gasteiger partial charge in [0.05, 0.1) is 0 Å². The zero-order valence-corrected chi connectivity index (χ0v) is 11.5. The van der Waals surface area contributed by atoms with Gasteiger partial charge in [-0.15, -0.1) is 0 Å². The fraction of sp³-hybridized carbons (Fsp3) is 0.636. The van der Waals surface area contributed by atoms with E-state index in [0.29, 0.717) is 22.6 Å². The Balaban J connectivity index is 1.81. The second-order valence-electron chi connectivity index (χ2n) is 4.45. The highest BCUT2D eigenvalue weighted by Gasteiger charge is 2.25. The normalized spacial score (nSPS) is 14.8. The first kappa shape index (κ1) is 13.1. The van der Waals surface area contributed by atoms with Crippen molar-refractivity contribution in [3.05, 3.63) is 4.88 Å². The first-order chi connectivity index (χ1) is 8.61. The maximum absolute atomic E-state index is 11.9. The Labute approximate surface area is 111 Å². The molecular weight excluding hydrogens is 250 g/mol. The average molecular weight is 269 g/mol. The summed E-state index contributed by atoms with van der Waals surface area (Å²) in [6, 6.07) is 0.714. The highest BCUT2D eigenvalue weighted by atomic mass is 32.1. The molecular formula is C11H19N5OS. The summed E-state index contributed by atoms with van der Waals surface area (Å²) in [7, 11) is 3.84. The van der Waals surface area contributed by atoms with Gasteiger partial charge in [-0.1, -0.05) is 11.3 Å². The third kappa shape index (κ3) is 3.11. The Hall–Kier alpha value is -1.34. The van der Waals surface area contributed by atoms with Gasteiger partial charge in [0, 0.05) is 26.2 Å². The molecule has 1 fully saturated rings. The molecule has 0 saturated heterocycles. The second kappa shape index (κ2) is 5.53. The summed E-state index contributed by atoms with van der Waals surface area (Å²) in [6.07, 6.45) is 2.55. The van der Waals surface area contributed by atoms with Crippen molar-refractivity contribution < 1.29 is 4.79 Å². The molecule has 0 atom stereocenters. The molecule has 0 spiro atoms. The lowest BCUT2D eigenvalue weighted by Gasteiger charge is -2.15. The standard InChI is InChI=1S/C11H19N5OS/c1-13-11-15-9(12)8(18-11)10(17)14-5-6-16(2)7-3-4-7/h7H,3-6,12H2,1-2H3,(H,13,15)(H,14,17). The highest BCUT2D eigenvalue weighted by molar-refractivity contribution is 7.18. The van der Waals surface area contributed by atoms with Gasteiger partial charge in [0.25, 0.3) is 5.91 Å². The van der Waals surface area contributed by atoms with Crippen LogP contribution in [0.25, 0.3) is 0 Å². The molecule has 2 rings (SSSR count). The number of hydrogen-bond donors (Lipinski definition) is 3. The number of aromatic nitrogens is 1. The van der Waals surface area contributed by atoms with Crippen LogP contribution in [0.5, 0.6) is 0 Å². The first-order valence-corrected chi connectivity index (χ1v) is 6.86. The Kier molecular flexibility index (Phi) is 4.03. The molecule has 0 unspecified atom stereocenters. The molecule has 0 radical (unpaired) electrons. The minimum atomic E-state index is -0.143. The van der Waals surface area contributed by atoms with Gasteiger partial charge in [-0.05, 0) is 19.9 Å². The monoisotopic (exact) mass is 269 g/mol. The number of thiazole rings is 1. The van der Waals surface area contributed by atoms with Crippen molar-refractivity contribution in [2.45, 2.75) is 18.9 Å². The maximum Gasteiger partial charge on any atom is 0.265 e. The number of amides is 1. The van der Waals surface area contributed by atoms with Crippen LogP contribution in [0.2, 0.25) is 0 Å². The van der Waals surface area contributed by atoms with Crippen molar-refractivity contribution >= 4 is 28.2 Å². The van der Waals surface area contributed by atoms with Crippen molar-refractivity contribution in [2.75, 3.05) is 38.2 Å². The molecule has 18 heavy (non-hydrogen) atoms. The summed E-state index contributed by atoms with van der Waals surface area (Å²) in [6.45, 7) is 1.51. The number of rotatable bonds is 6. The van der Waals surface area contributed by atoms with E-state index < -0.39 is 0 Å². The minimum absolute atomic E-state index is 0.143. The topological polar surface area (TPSA) is 83.3 Å². The van der Waals surface area contributed by atoms with Crippen LogP contribution < -0.4 is 16.4 Å². The number of carbonyl (C=O) groups is 1. The van der Waals surface area contributed by atoms with E-state index in [0.717, 1.165) is 6.54 Å². The minimum Gasteiger partial charge on any atom is -0.382 e. The van der Waals surface area contributed by atoms with Crippen LogP contribution in [0.1, 0.15) is 22.5 Å². The van der Waals surface area contributed by atoms with Gasteiger partial charge in [0.15, 0.2) is 5.13 Å². The molecule has 0 bridgehead atoms. The maximum atomic E-state index is 11.9. The predicted molar refractivity (Wildman–Crippen MR) is 74.1 cm³/mol. The van der Waals surface area contributed by atoms with E-state index >= 15 is 0 Å². The van der Waals surface area contributed by atoms with Crippen molar-refractivity contribution in [2.24, 2.45) is 0 Å². The Bertz CT molecular complexity index is 429. The Morgan fingerprint density at radius 1 is 1.61 bits per heavy atom. The number of anilines is 2. The first-order valence-electron chi connectivity index (χ1n) is 6.04. The van der Waals surface area contributed by atoms with Crippen molar-refractivity contribution in [3.8, 4) is 0 Å². The van der Waals surface area contributed by atoms with E-state index in [1.807, 2.05) is 0 Å². The molecule has 100 valence electrons. The summed E-state index contributed by atoms with van der Waals surface area (Å²) < 4.78 is 0. The second-order valence-corrected chi connectivity index (χ2v) is 5.45. The van der Waals surface area contributed by atoms with Crippen LogP contribution >= 0.6 is 11.3 Å². The van der Waals surface area contributed by atoms with Gasteiger partial charge < -0.3 is 21.3 Å². The SMILES string of the molecule is CNc1nc(N)c(C(=O)NCCN(C)C2CC2)s1. The summed E-state index contributed by atoms with van der Waals surface area (Å²) in [4.78, 5) is 18.7. The summed E-state index contributed by atoms with van der Waals surface area (Å²) >= 11 is 1.27. The molecule has 1 heterocycles. The van der Waals surface area contributed by atoms with Crippen LogP contribution in [0, 0.1) is 0 Å². The molecule has 4 N–H and O–H groups in total. The van der Waals surface area contributed by atoms with Gasteiger partial charge in [-0.2, -0.15) is 0 Å². The fourth-order valence-electron chi connectivity index (χ4n) is 1.73. The van der Waals surface area contributed by atoms with Crippen LogP contribution in [0.15, 0.2) is 0 Å². The smallest absolute Gasteiger partial charge is 0.265 e. The van der Waals surface area contributed by atoms with Crippen molar-refractivity contribution in [3.63, 3.8) is 0 Å². The molecule has 1 amide bonds. The highest BCUT2D eigenvalue weighted by Crippen LogP contribution is 2.25. The number of nitrogens with one attached hydrogen (secondary N) is 2. The van der Waals surface area contributed by atoms with E-state index in [9.17, 15) is 4.79 Å². The summed E-state index contributed by atoms with van der Waals surface area (Å²) in [5.41, 5.74) is 5.70. The zero-order chi connectivity index (χ0) is 13.1. The Morgan fingerprint density at radius 2 is 2.33 bits per heavy atom. The van der Waals surface area contributed by atoms with Crippen LogP contribution in [0.3, 0.4) is 0 Å². The van der Waals surface area contributed by atoms with Gasteiger partial charge in [-0.25, -0.2) is 4.98 Å². The van der Waals surface area contributed by atoms with Crippen molar-refractivity contribution in [1.82, 2.24) is 15.2 Å². The lowest BCUT2D eigenvalue weighted by atomic mass is 10.4. The number of nitrogen functional groups attached to an aromatic ring is 1. The largest absolute Gasteiger partial charge is 0.382 e. The quantitative estimate of drug-likeness (QED) is 0.704. The molecule has 7 heteroatoms. The third-order valence-electron chi connectivity index (χ3n) is 2.99. The molecule has 1 aliphatic rings. The molecule has 1 aliphatic carbocycles.